The Kier molecular flexibility index (Phi) is 8.94. The third-order valence-electron chi connectivity index (χ3n) is 2.96. The lowest BCUT2D eigenvalue weighted by atomic mass is 10.0. The molecule has 0 aliphatic rings. The second-order valence-corrected chi connectivity index (χ2v) is 7.96. The number of carbonyl (C=O) groups is 3. The summed E-state index contributed by atoms with van der Waals surface area (Å²) in [6.07, 6.45) is -0.0840. The van der Waals surface area contributed by atoms with E-state index in [0.29, 0.717) is 13.0 Å². The van der Waals surface area contributed by atoms with E-state index in [0.717, 1.165) is 0 Å². The fraction of sp³-hybridized carbons (Fsp3) is 0.833. The first-order valence-corrected chi connectivity index (χ1v) is 8.64. The van der Waals surface area contributed by atoms with Crippen molar-refractivity contribution in [1.29, 1.82) is 0 Å². The van der Waals surface area contributed by atoms with Gasteiger partial charge in [-0.25, -0.2) is 9.59 Å². The number of carbonyl (C=O) groups excluding carboxylic acids is 3. The van der Waals surface area contributed by atoms with Gasteiger partial charge in [-0.2, -0.15) is 0 Å². The van der Waals surface area contributed by atoms with E-state index in [1.165, 1.54) is 0 Å². The van der Waals surface area contributed by atoms with Crippen LogP contribution < -0.4 is 5.32 Å². The zero-order valence-electron chi connectivity index (χ0n) is 16.7. The molecule has 0 radical (unpaired) electrons. The second kappa shape index (κ2) is 9.63. The Morgan fingerprint density at radius 2 is 1.40 bits per heavy atom. The molecule has 146 valence electrons. The van der Waals surface area contributed by atoms with Gasteiger partial charge >= 0.3 is 18.0 Å². The van der Waals surface area contributed by atoms with E-state index in [1.807, 2.05) is 0 Å². The van der Waals surface area contributed by atoms with Crippen molar-refractivity contribution in [3.8, 4) is 0 Å². The number of rotatable bonds is 7. The monoisotopic (exact) mass is 359 g/mol. The lowest BCUT2D eigenvalue weighted by Gasteiger charge is -2.26. The standard InChI is InChI=1S/C18H33NO6/c1-9-23-14(20)12(2)10-11-13(15(21)24-17(3,4)5)19-16(22)25-18(6,7)8/h12-13H,9-11H2,1-8H3,(H,19,22)/t12?,13-/m0/s1. The molecule has 0 rings (SSSR count). The highest BCUT2D eigenvalue weighted by molar-refractivity contribution is 5.81. The first-order valence-electron chi connectivity index (χ1n) is 8.64. The molecule has 7 heteroatoms. The maximum absolute atomic E-state index is 12.4. The molecule has 0 aromatic rings. The summed E-state index contributed by atoms with van der Waals surface area (Å²) < 4.78 is 15.5. The summed E-state index contributed by atoms with van der Waals surface area (Å²) in [4.78, 5) is 36.1. The van der Waals surface area contributed by atoms with Gasteiger partial charge in [-0.3, -0.25) is 4.79 Å². The van der Waals surface area contributed by atoms with E-state index in [9.17, 15) is 14.4 Å². The Balaban J connectivity index is 4.92. The molecule has 7 nitrogen and oxygen atoms in total. The van der Waals surface area contributed by atoms with Crippen LogP contribution in [0.3, 0.4) is 0 Å². The smallest absolute Gasteiger partial charge is 0.408 e. The largest absolute Gasteiger partial charge is 0.466 e. The van der Waals surface area contributed by atoms with Gasteiger partial charge in [0.15, 0.2) is 0 Å². The third-order valence-corrected chi connectivity index (χ3v) is 2.96. The van der Waals surface area contributed by atoms with Crippen LogP contribution in [-0.2, 0) is 23.8 Å². The van der Waals surface area contributed by atoms with Gasteiger partial charge in [-0.1, -0.05) is 6.92 Å². The highest BCUT2D eigenvalue weighted by Crippen LogP contribution is 2.15. The van der Waals surface area contributed by atoms with Crippen molar-refractivity contribution in [1.82, 2.24) is 5.32 Å². The molecule has 0 aliphatic heterocycles. The maximum atomic E-state index is 12.4. The van der Waals surface area contributed by atoms with E-state index >= 15 is 0 Å². The molecule has 0 bridgehead atoms. The summed E-state index contributed by atoms with van der Waals surface area (Å²) in [6, 6.07) is -0.897. The van der Waals surface area contributed by atoms with Crippen LogP contribution in [0, 0.1) is 5.92 Å². The van der Waals surface area contributed by atoms with Gasteiger partial charge in [0.1, 0.15) is 17.2 Å². The van der Waals surface area contributed by atoms with Gasteiger partial charge in [0.2, 0.25) is 0 Å². The number of esters is 2. The summed E-state index contributed by atoms with van der Waals surface area (Å²) >= 11 is 0. The number of hydrogen-bond donors (Lipinski definition) is 1. The van der Waals surface area contributed by atoms with Crippen LogP contribution in [-0.4, -0.2) is 41.9 Å². The van der Waals surface area contributed by atoms with Crippen molar-refractivity contribution in [3.63, 3.8) is 0 Å². The summed E-state index contributed by atoms with van der Waals surface area (Å²) in [5, 5.41) is 2.53. The average molecular weight is 359 g/mol. The fourth-order valence-electron chi connectivity index (χ4n) is 1.89. The highest BCUT2D eigenvalue weighted by atomic mass is 16.6. The first-order chi connectivity index (χ1) is 11.2. The molecule has 1 unspecified atom stereocenters. The van der Waals surface area contributed by atoms with Crippen LogP contribution in [0.5, 0.6) is 0 Å². The van der Waals surface area contributed by atoms with Gasteiger partial charge in [0, 0.05) is 0 Å². The number of ether oxygens (including phenoxy) is 3. The minimum absolute atomic E-state index is 0.244. The van der Waals surface area contributed by atoms with Crippen LogP contribution in [0.15, 0.2) is 0 Å². The van der Waals surface area contributed by atoms with Gasteiger partial charge in [-0.05, 0) is 61.3 Å². The Bertz CT molecular complexity index is 461. The van der Waals surface area contributed by atoms with E-state index in [4.69, 9.17) is 14.2 Å². The Hall–Kier alpha value is -1.79. The summed E-state index contributed by atoms with van der Waals surface area (Å²) in [5.41, 5.74) is -1.36. The summed E-state index contributed by atoms with van der Waals surface area (Å²) in [7, 11) is 0. The van der Waals surface area contributed by atoms with E-state index in [2.05, 4.69) is 5.32 Å². The van der Waals surface area contributed by atoms with E-state index in [1.54, 1.807) is 55.4 Å². The van der Waals surface area contributed by atoms with Crippen molar-refractivity contribution in [3.05, 3.63) is 0 Å². The predicted octanol–water partition coefficient (Wildman–Crippen LogP) is 3.20. The highest BCUT2D eigenvalue weighted by Gasteiger charge is 2.29. The minimum Gasteiger partial charge on any atom is -0.466 e. The van der Waals surface area contributed by atoms with Crippen molar-refractivity contribution in [2.45, 2.75) is 85.5 Å². The number of amides is 1. The van der Waals surface area contributed by atoms with Crippen molar-refractivity contribution in [2.75, 3.05) is 6.61 Å². The van der Waals surface area contributed by atoms with Crippen molar-refractivity contribution >= 4 is 18.0 Å². The molecular formula is C18H33NO6. The lowest BCUT2D eigenvalue weighted by molar-refractivity contribution is -0.158. The molecule has 2 atom stereocenters. The SMILES string of the molecule is CCOC(=O)C(C)CC[C@H](NC(=O)OC(C)(C)C)C(=O)OC(C)(C)C. The quantitative estimate of drug-likeness (QED) is 0.554. The van der Waals surface area contributed by atoms with Crippen molar-refractivity contribution in [2.24, 2.45) is 5.92 Å². The molecule has 0 aromatic heterocycles. The third kappa shape index (κ3) is 11.4. The molecule has 1 amide bonds. The second-order valence-electron chi connectivity index (χ2n) is 7.96. The van der Waals surface area contributed by atoms with Crippen LogP contribution in [0.4, 0.5) is 4.79 Å². The van der Waals surface area contributed by atoms with Gasteiger partial charge in [-0.15, -0.1) is 0 Å². The minimum atomic E-state index is -0.897. The normalized spacial score (nSPS) is 14.2. The number of hydrogen-bond acceptors (Lipinski definition) is 6. The topological polar surface area (TPSA) is 90.9 Å². The lowest BCUT2D eigenvalue weighted by Crippen LogP contribution is -2.46. The molecule has 1 N–H and O–H groups in total. The number of nitrogens with one attached hydrogen (secondary N) is 1. The Labute approximate surface area is 150 Å². The zero-order chi connectivity index (χ0) is 19.8. The van der Waals surface area contributed by atoms with E-state index in [-0.39, 0.29) is 18.3 Å². The van der Waals surface area contributed by atoms with Crippen LogP contribution in [0.25, 0.3) is 0 Å². The molecular weight excluding hydrogens is 326 g/mol. The first kappa shape index (κ1) is 23.2. The molecule has 0 saturated carbocycles. The fourth-order valence-corrected chi connectivity index (χ4v) is 1.89. The summed E-state index contributed by atoms with van der Waals surface area (Å²) in [5.74, 6) is -1.28. The molecule has 0 heterocycles. The van der Waals surface area contributed by atoms with Gasteiger partial charge < -0.3 is 19.5 Å². The van der Waals surface area contributed by atoms with Crippen LogP contribution in [0.2, 0.25) is 0 Å². The molecule has 25 heavy (non-hydrogen) atoms. The predicted molar refractivity (Wildman–Crippen MR) is 94.0 cm³/mol. The zero-order valence-corrected chi connectivity index (χ0v) is 16.7. The van der Waals surface area contributed by atoms with Crippen LogP contribution >= 0.6 is 0 Å². The Morgan fingerprint density at radius 3 is 1.84 bits per heavy atom. The molecule has 0 spiro atoms. The summed E-state index contributed by atoms with van der Waals surface area (Å²) in [6.45, 7) is 14.2. The van der Waals surface area contributed by atoms with Gasteiger partial charge in [0.25, 0.3) is 0 Å². The number of alkyl carbamates (subject to hydrolysis) is 1. The Morgan fingerprint density at radius 1 is 0.880 bits per heavy atom. The average Bonchev–Trinajstić information content (AvgIpc) is 2.39. The maximum Gasteiger partial charge on any atom is 0.408 e. The molecule has 0 fully saturated rings. The van der Waals surface area contributed by atoms with Crippen LogP contribution in [0.1, 0.15) is 68.2 Å². The van der Waals surface area contributed by atoms with Crippen molar-refractivity contribution < 1.29 is 28.6 Å². The molecule has 0 saturated heterocycles. The van der Waals surface area contributed by atoms with Gasteiger partial charge in [0.05, 0.1) is 12.5 Å². The molecule has 0 aliphatic carbocycles. The van der Waals surface area contributed by atoms with E-state index < -0.39 is 29.3 Å². The molecule has 0 aromatic carbocycles.